The number of hydrogen-bond donors (Lipinski definition) is 2. The molecule has 2 aliphatic rings. The van der Waals surface area contributed by atoms with Crippen molar-refractivity contribution in [3.63, 3.8) is 0 Å². The van der Waals surface area contributed by atoms with Gasteiger partial charge in [-0.1, -0.05) is 18.2 Å². The summed E-state index contributed by atoms with van der Waals surface area (Å²) in [5.41, 5.74) is 0.280. The van der Waals surface area contributed by atoms with E-state index >= 15 is 0 Å². The fourth-order valence-electron chi connectivity index (χ4n) is 3.99. The second-order valence-corrected chi connectivity index (χ2v) is 8.27. The number of β-amino-alcohol motifs (C(OH)–C–C–N with tert-alkyl or cyclic N) is 1. The number of aliphatic hydroxyl groups excluding tert-OH is 1. The van der Waals surface area contributed by atoms with Crippen LogP contribution in [-0.4, -0.2) is 61.5 Å². The Morgan fingerprint density at radius 2 is 1.94 bits per heavy atom. The SMILES string of the molecule is C=CCc1ccc(OCC(O)CN2C(=O)NC(C)(c3ccc4c(c3)OCCO4)C2=O)c(OC)c1. The molecule has 4 rings (SSSR count). The normalized spacial score (nSPS) is 20.0. The topological polar surface area (TPSA) is 107 Å². The Morgan fingerprint density at radius 3 is 2.68 bits per heavy atom. The van der Waals surface area contributed by atoms with Gasteiger partial charge in [-0.2, -0.15) is 0 Å². The van der Waals surface area contributed by atoms with Crippen LogP contribution >= 0.6 is 0 Å². The first-order valence-corrected chi connectivity index (χ1v) is 11.0. The summed E-state index contributed by atoms with van der Waals surface area (Å²) in [6, 6.07) is 9.99. The van der Waals surface area contributed by atoms with Crippen LogP contribution < -0.4 is 24.3 Å². The van der Waals surface area contributed by atoms with Gasteiger partial charge >= 0.3 is 6.03 Å². The van der Waals surface area contributed by atoms with E-state index in [-0.39, 0.29) is 13.2 Å². The summed E-state index contributed by atoms with van der Waals surface area (Å²) in [5, 5.41) is 13.2. The Labute approximate surface area is 197 Å². The molecule has 0 aliphatic carbocycles. The molecule has 2 aromatic carbocycles. The molecule has 0 spiro atoms. The number of carbonyl (C=O) groups excluding carboxylic acids is 2. The van der Waals surface area contributed by atoms with Crippen molar-refractivity contribution in [2.24, 2.45) is 0 Å². The van der Waals surface area contributed by atoms with Crippen LogP contribution in [0, 0.1) is 0 Å². The first-order valence-electron chi connectivity index (χ1n) is 11.0. The van der Waals surface area contributed by atoms with Gasteiger partial charge in [-0.15, -0.1) is 6.58 Å². The molecule has 0 bridgehead atoms. The van der Waals surface area contributed by atoms with Gasteiger partial charge in [-0.3, -0.25) is 9.69 Å². The first-order chi connectivity index (χ1) is 16.4. The van der Waals surface area contributed by atoms with Crippen LogP contribution in [0.15, 0.2) is 49.1 Å². The number of urea groups is 1. The first kappa shape index (κ1) is 23.4. The second-order valence-electron chi connectivity index (χ2n) is 8.27. The quantitative estimate of drug-likeness (QED) is 0.430. The smallest absolute Gasteiger partial charge is 0.325 e. The monoisotopic (exact) mass is 468 g/mol. The van der Waals surface area contributed by atoms with Crippen LogP contribution in [0.1, 0.15) is 18.1 Å². The number of imide groups is 1. The van der Waals surface area contributed by atoms with Crippen molar-refractivity contribution < 1.29 is 33.6 Å². The number of rotatable bonds is 9. The molecule has 9 heteroatoms. The molecule has 3 amide bonds. The molecule has 0 radical (unpaired) electrons. The third-order valence-electron chi connectivity index (χ3n) is 5.83. The number of methoxy groups -OCH3 is 1. The van der Waals surface area contributed by atoms with Crippen molar-refractivity contribution in [2.45, 2.75) is 25.0 Å². The highest BCUT2D eigenvalue weighted by atomic mass is 16.6. The summed E-state index contributed by atoms with van der Waals surface area (Å²) < 4.78 is 22.2. The van der Waals surface area contributed by atoms with Gasteiger partial charge in [0.15, 0.2) is 23.0 Å². The maximum absolute atomic E-state index is 13.2. The fourth-order valence-corrected chi connectivity index (χ4v) is 3.99. The third kappa shape index (κ3) is 4.51. The molecule has 2 aliphatic heterocycles. The summed E-state index contributed by atoms with van der Waals surface area (Å²) in [6.07, 6.45) is 1.37. The standard InChI is InChI=1S/C25H28N2O7/c1-4-5-16-6-8-19(21(12-16)31-3)34-15-18(28)14-27-23(29)25(2,26-24(27)30)17-7-9-20-22(13-17)33-11-10-32-20/h4,6-9,12-13,18,28H,1,5,10-11,14-15H2,2-3H3,(H,26,30). The summed E-state index contributed by atoms with van der Waals surface area (Å²) in [4.78, 5) is 26.8. The number of nitrogens with one attached hydrogen (secondary N) is 1. The van der Waals surface area contributed by atoms with Crippen molar-refractivity contribution in [3.8, 4) is 23.0 Å². The molecule has 2 N–H and O–H groups in total. The van der Waals surface area contributed by atoms with Gasteiger partial charge in [0.25, 0.3) is 5.91 Å². The summed E-state index contributed by atoms with van der Waals surface area (Å²) in [5.74, 6) is 1.61. The number of nitrogens with zero attached hydrogens (tertiary/aromatic N) is 1. The highest BCUT2D eigenvalue weighted by Gasteiger charge is 2.49. The van der Waals surface area contributed by atoms with E-state index in [9.17, 15) is 14.7 Å². The van der Waals surface area contributed by atoms with Crippen molar-refractivity contribution >= 4 is 11.9 Å². The zero-order valence-electron chi connectivity index (χ0n) is 19.2. The van der Waals surface area contributed by atoms with Gasteiger partial charge in [-0.05, 0) is 48.7 Å². The lowest BCUT2D eigenvalue weighted by Crippen LogP contribution is -2.42. The molecular formula is C25H28N2O7. The zero-order valence-corrected chi connectivity index (χ0v) is 19.2. The third-order valence-corrected chi connectivity index (χ3v) is 5.83. The van der Waals surface area contributed by atoms with E-state index in [1.807, 2.05) is 12.1 Å². The molecule has 2 atom stereocenters. The maximum atomic E-state index is 13.2. The minimum atomic E-state index is -1.29. The molecular weight excluding hydrogens is 440 g/mol. The Bertz CT molecular complexity index is 1100. The van der Waals surface area contributed by atoms with Crippen LogP contribution in [0.5, 0.6) is 23.0 Å². The van der Waals surface area contributed by atoms with Crippen LogP contribution in [0.3, 0.4) is 0 Å². The van der Waals surface area contributed by atoms with Gasteiger partial charge < -0.3 is 29.4 Å². The van der Waals surface area contributed by atoms with E-state index < -0.39 is 23.6 Å². The minimum absolute atomic E-state index is 0.130. The number of amides is 3. The van der Waals surface area contributed by atoms with Crippen molar-refractivity contribution in [3.05, 3.63) is 60.2 Å². The van der Waals surface area contributed by atoms with E-state index in [1.165, 1.54) is 7.11 Å². The van der Waals surface area contributed by atoms with Crippen LogP contribution in [0.25, 0.3) is 0 Å². The van der Waals surface area contributed by atoms with Gasteiger partial charge in [0.2, 0.25) is 0 Å². The molecule has 2 unspecified atom stereocenters. The Morgan fingerprint density at radius 1 is 1.18 bits per heavy atom. The highest BCUT2D eigenvalue weighted by Crippen LogP contribution is 2.37. The Balaban J connectivity index is 1.42. The average molecular weight is 469 g/mol. The highest BCUT2D eigenvalue weighted by molar-refractivity contribution is 6.07. The number of carbonyl (C=O) groups is 2. The Hall–Kier alpha value is -3.72. The van der Waals surface area contributed by atoms with Crippen molar-refractivity contribution in [1.82, 2.24) is 10.2 Å². The molecule has 2 heterocycles. The minimum Gasteiger partial charge on any atom is -0.493 e. The largest absolute Gasteiger partial charge is 0.493 e. The summed E-state index contributed by atoms with van der Waals surface area (Å²) in [7, 11) is 1.53. The zero-order chi connectivity index (χ0) is 24.3. The lowest BCUT2D eigenvalue weighted by molar-refractivity contribution is -0.132. The lowest BCUT2D eigenvalue weighted by atomic mass is 9.91. The van der Waals surface area contributed by atoms with Gasteiger partial charge in [0.05, 0.1) is 13.7 Å². The molecule has 180 valence electrons. The van der Waals surface area contributed by atoms with E-state index in [4.69, 9.17) is 18.9 Å². The number of allylic oxidation sites excluding steroid dienone is 1. The van der Waals surface area contributed by atoms with Crippen LogP contribution in [-0.2, 0) is 16.8 Å². The van der Waals surface area contributed by atoms with Crippen molar-refractivity contribution in [1.29, 1.82) is 0 Å². The lowest BCUT2D eigenvalue weighted by Gasteiger charge is -2.25. The summed E-state index contributed by atoms with van der Waals surface area (Å²) in [6.45, 7) is 5.86. The molecule has 9 nitrogen and oxygen atoms in total. The van der Waals surface area contributed by atoms with Crippen molar-refractivity contribution in [2.75, 3.05) is 33.5 Å². The molecule has 1 saturated heterocycles. The second kappa shape index (κ2) is 9.64. The average Bonchev–Trinajstić information content (AvgIpc) is 3.06. The number of aliphatic hydroxyl groups is 1. The summed E-state index contributed by atoms with van der Waals surface area (Å²) >= 11 is 0. The number of hydrogen-bond acceptors (Lipinski definition) is 7. The predicted molar refractivity (Wildman–Crippen MR) is 123 cm³/mol. The van der Waals surface area contributed by atoms with Gasteiger partial charge in [-0.25, -0.2) is 4.79 Å². The number of benzene rings is 2. The predicted octanol–water partition coefficient (Wildman–Crippen LogP) is 2.40. The van der Waals surface area contributed by atoms with Gasteiger partial charge in [0.1, 0.15) is 31.5 Å². The number of ether oxygens (including phenoxy) is 4. The van der Waals surface area contributed by atoms with E-state index in [2.05, 4.69) is 11.9 Å². The van der Waals surface area contributed by atoms with E-state index in [1.54, 1.807) is 37.3 Å². The van der Waals surface area contributed by atoms with E-state index in [0.717, 1.165) is 10.5 Å². The van der Waals surface area contributed by atoms with E-state index in [0.29, 0.717) is 48.2 Å². The maximum Gasteiger partial charge on any atom is 0.325 e. The molecule has 1 fully saturated rings. The molecule has 2 aromatic rings. The number of fused-ring (bicyclic) bond motifs is 1. The molecule has 0 aromatic heterocycles. The van der Waals surface area contributed by atoms with Gasteiger partial charge in [0, 0.05) is 0 Å². The fraction of sp³-hybridized carbons (Fsp3) is 0.360. The molecule has 34 heavy (non-hydrogen) atoms. The van der Waals surface area contributed by atoms with Crippen LogP contribution in [0.2, 0.25) is 0 Å². The Kier molecular flexibility index (Phi) is 6.65. The molecule has 0 saturated carbocycles. The van der Waals surface area contributed by atoms with Crippen LogP contribution in [0.4, 0.5) is 4.79 Å².